The van der Waals surface area contributed by atoms with Crippen LogP contribution in [0.15, 0.2) is 18.6 Å². The molecule has 2 atom stereocenters. The highest BCUT2D eigenvalue weighted by atomic mass is 16.0. The number of aromatic nitrogens is 3. The number of hydrogen-bond acceptors (Lipinski definition) is 4. The second-order valence-corrected chi connectivity index (χ2v) is 4.69. The van der Waals surface area contributed by atoms with E-state index in [1.54, 1.807) is 6.33 Å². The van der Waals surface area contributed by atoms with Crippen LogP contribution in [0.1, 0.15) is 19.8 Å². The van der Waals surface area contributed by atoms with Crippen molar-refractivity contribution in [2.75, 3.05) is 11.9 Å². The standard InChI is InChI=1S/C12H17N5.H2O/c1-8-2-3-9(6-14-8)17-12-10-4-5-13-11(10)15-7-16-12;/h4-5,7-9,14H,2-3,6H2,1H3,(H2,13,15,16,17);1H2/t8-,9+;/m0./s1. The lowest BCUT2D eigenvalue weighted by Gasteiger charge is -2.28. The Balaban J connectivity index is 0.00000120. The summed E-state index contributed by atoms with van der Waals surface area (Å²) in [6.07, 6.45) is 5.88. The van der Waals surface area contributed by atoms with Gasteiger partial charge in [0.15, 0.2) is 0 Å². The van der Waals surface area contributed by atoms with E-state index < -0.39 is 0 Å². The molecule has 0 spiro atoms. The molecule has 0 amide bonds. The molecule has 2 aromatic rings. The number of piperidine rings is 1. The summed E-state index contributed by atoms with van der Waals surface area (Å²) in [6, 6.07) is 3.10. The van der Waals surface area contributed by atoms with Crippen LogP contribution in [0, 0.1) is 0 Å². The minimum Gasteiger partial charge on any atom is -0.412 e. The Bertz CT molecular complexity index is 504. The van der Waals surface area contributed by atoms with E-state index in [0.717, 1.165) is 23.4 Å². The van der Waals surface area contributed by atoms with E-state index in [4.69, 9.17) is 0 Å². The first kappa shape index (κ1) is 12.8. The predicted octanol–water partition coefficient (Wildman–Crippen LogP) is 0.686. The number of nitrogens with one attached hydrogen (secondary N) is 3. The van der Waals surface area contributed by atoms with Crippen LogP contribution in [-0.4, -0.2) is 39.1 Å². The number of aromatic amines is 1. The number of H-pyrrole nitrogens is 1. The van der Waals surface area contributed by atoms with Crippen LogP contribution in [0.25, 0.3) is 11.0 Å². The van der Waals surface area contributed by atoms with Gasteiger partial charge in [0.05, 0.1) is 5.39 Å². The summed E-state index contributed by atoms with van der Waals surface area (Å²) >= 11 is 0. The Morgan fingerprint density at radius 2 is 2.22 bits per heavy atom. The highest BCUT2D eigenvalue weighted by Gasteiger charge is 2.18. The molecule has 1 fully saturated rings. The quantitative estimate of drug-likeness (QED) is 0.729. The molecule has 0 aromatic carbocycles. The smallest absolute Gasteiger partial charge is 0.142 e. The van der Waals surface area contributed by atoms with Gasteiger partial charge in [-0.05, 0) is 25.8 Å². The lowest BCUT2D eigenvalue weighted by atomic mass is 10.0. The van der Waals surface area contributed by atoms with Gasteiger partial charge in [0.25, 0.3) is 0 Å². The molecule has 6 heteroatoms. The van der Waals surface area contributed by atoms with E-state index in [1.165, 1.54) is 12.8 Å². The van der Waals surface area contributed by atoms with Crippen molar-refractivity contribution in [3.05, 3.63) is 18.6 Å². The summed E-state index contributed by atoms with van der Waals surface area (Å²) < 4.78 is 0. The summed E-state index contributed by atoms with van der Waals surface area (Å²) in [4.78, 5) is 11.6. The molecule has 1 aliphatic rings. The molecule has 98 valence electrons. The zero-order valence-corrected chi connectivity index (χ0v) is 10.4. The largest absolute Gasteiger partial charge is 0.412 e. The van der Waals surface area contributed by atoms with Gasteiger partial charge in [-0.15, -0.1) is 0 Å². The Hall–Kier alpha value is -1.66. The van der Waals surface area contributed by atoms with Gasteiger partial charge in [0, 0.05) is 24.8 Å². The second-order valence-electron chi connectivity index (χ2n) is 4.69. The molecule has 5 N–H and O–H groups in total. The van der Waals surface area contributed by atoms with E-state index in [1.807, 2.05) is 12.3 Å². The van der Waals surface area contributed by atoms with Crippen molar-refractivity contribution >= 4 is 16.9 Å². The van der Waals surface area contributed by atoms with E-state index >= 15 is 0 Å². The summed E-state index contributed by atoms with van der Waals surface area (Å²) in [5.74, 6) is 0.928. The van der Waals surface area contributed by atoms with Crippen molar-refractivity contribution < 1.29 is 5.48 Å². The summed E-state index contributed by atoms with van der Waals surface area (Å²) in [5, 5.41) is 8.04. The van der Waals surface area contributed by atoms with Crippen LogP contribution in [0.5, 0.6) is 0 Å². The first-order valence-electron chi connectivity index (χ1n) is 6.11. The van der Waals surface area contributed by atoms with E-state index in [0.29, 0.717) is 12.1 Å². The van der Waals surface area contributed by atoms with Crippen LogP contribution in [0.4, 0.5) is 5.82 Å². The summed E-state index contributed by atoms with van der Waals surface area (Å²) in [7, 11) is 0. The number of rotatable bonds is 2. The molecule has 1 saturated heterocycles. The SMILES string of the molecule is C[C@H]1CC[C@@H](Nc2ncnc3[nH]ccc23)CN1.O. The van der Waals surface area contributed by atoms with Gasteiger partial charge in [-0.3, -0.25) is 0 Å². The maximum Gasteiger partial charge on any atom is 0.142 e. The van der Waals surface area contributed by atoms with E-state index in [9.17, 15) is 0 Å². The van der Waals surface area contributed by atoms with Gasteiger partial charge in [-0.1, -0.05) is 0 Å². The molecule has 3 rings (SSSR count). The summed E-state index contributed by atoms with van der Waals surface area (Å²) in [5.41, 5.74) is 0.889. The zero-order chi connectivity index (χ0) is 11.7. The fraction of sp³-hybridized carbons (Fsp3) is 0.500. The lowest BCUT2D eigenvalue weighted by molar-refractivity contribution is 0.398. The number of hydrogen-bond donors (Lipinski definition) is 3. The fourth-order valence-corrected chi connectivity index (χ4v) is 2.30. The normalized spacial score (nSPS) is 23.6. The maximum absolute atomic E-state index is 4.32. The van der Waals surface area contributed by atoms with Gasteiger partial charge < -0.3 is 21.1 Å². The molecule has 3 heterocycles. The van der Waals surface area contributed by atoms with Gasteiger partial charge in [-0.25, -0.2) is 9.97 Å². The average Bonchev–Trinajstić information content (AvgIpc) is 2.81. The van der Waals surface area contributed by atoms with Crippen molar-refractivity contribution in [3.63, 3.8) is 0 Å². The molecule has 0 radical (unpaired) electrons. The van der Waals surface area contributed by atoms with Crippen LogP contribution in [-0.2, 0) is 0 Å². The Morgan fingerprint density at radius 3 is 3.00 bits per heavy atom. The van der Waals surface area contributed by atoms with Crippen LogP contribution in [0.3, 0.4) is 0 Å². The molecule has 1 aliphatic heterocycles. The third kappa shape index (κ3) is 2.44. The molecule has 0 unspecified atom stereocenters. The number of anilines is 1. The minimum absolute atomic E-state index is 0. The fourth-order valence-electron chi connectivity index (χ4n) is 2.30. The summed E-state index contributed by atoms with van der Waals surface area (Å²) in [6.45, 7) is 3.22. The van der Waals surface area contributed by atoms with Gasteiger partial charge in [-0.2, -0.15) is 0 Å². The zero-order valence-electron chi connectivity index (χ0n) is 10.4. The van der Waals surface area contributed by atoms with E-state index in [-0.39, 0.29) is 5.48 Å². The monoisotopic (exact) mass is 249 g/mol. The molecule has 0 saturated carbocycles. The molecule has 6 nitrogen and oxygen atoms in total. The van der Waals surface area contributed by atoms with Crippen LogP contribution >= 0.6 is 0 Å². The minimum atomic E-state index is 0. The van der Waals surface area contributed by atoms with Gasteiger partial charge >= 0.3 is 0 Å². The Labute approximate surface area is 106 Å². The van der Waals surface area contributed by atoms with Crippen molar-refractivity contribution in [3.8, 4) is 0 Å². The first-order chi connectivity index (χ1) is 8.33. The Morgan fingerprint density at radius 1 is 1.33 bits per heavy atom. The Kier molecular flexibility index (Phi) is 3.78. The highest BCUT2D eigenvalue weighted by molar-refractivity contribution is 5.86. The highest BCUT2D eigenvalue weighted by Crippen LogP contribution is 2.20. The van der Waals surface area contributed by atoms with Crippen molar-refractivity contribution in [2.45, 2.75) is 31.8 Å². The molecule has 2 aromatic heterocycles. The van der Waals surface area contributed by atoms with Gasteiger partial charge in [0.2, 0.25) is 0 Å². The van der Waals surface area contributed by atoms with E-state index in [2.05, 4.69) is 32.5 Å². The van der Waals surface area contributed by atoms with Crippen molar-refractivity contribution in [1.29, 1.82) is 0 Å². The molecular formula is C12H19N5O. The van der Waals surface area contributed by atoms with Crippen LogP contribution in [0.2, 0.25) is 0 Å². The number of fused-ring (bicyclic) bond motifs is 1. The average molecular weight is 249 g/mol. The molecule has 18 heavy (non-hydrogen) atoms. The van der Waals surface area contributed by atoms with Gasteiger partial charge in [0.1, 0.15) is 17.8 Å². The number of nitrogens with zero attached hydrogens (tertiary/aromatic N) is 2. The van der Waals surface area contributed by atoms with Crippen molar-refractivity contribution in [2.24, 2.45) is 0 Å². The first-order valence-corrected chi connectivity index (χ1v) is 6.11. The van der Waals surface area contributed by atoms with Crippen molar-refractivity contribution in [1.82, 2.24) is 20.3 Å². The third-order valence-corrected chi connectivity index (χ3v) is 3.36. The predicted molar refractivity (Wildman–Crippen MR) is 71.6 cm³/mol. The second kappa shape index (κ2) is 5.32. The lowest BCUT2D eigenvalue weighted by Crippen LogP contribution is -2.43. The molecule has 0 bridgehead atoms. The molecule has 0 aliphatic carbocycles. The maximum atomic E-state index is 4.32. The van der Waals surface area contributed by atoms with Crippen LogP contribution < -0.4 is 10.6 Å². The third-order valence-electron chi connectivity index (χ3n) is 3.36. The topological polar surface area (TPSA) is 97.1 Å². The molecular weight excluding hydrogens is 230 g/mol.